The van der Waals surface area contributed by atoms with E-state index in [1.807, 2.05) is 14.0 Å². The molecule has 1 aromatic carbocycles. The standard InChI is InChI=1S/C19H28FN3O2/c1-13(21-19(25)12-22(2)15-4-5-15)17-11-14(20)3-6-18(17)23-9-7-16(24)8-10-23/h3,6,11,13,15-16,24H,4-5,7-10,12H2,1-2H3,(H,21,25). The van der Waals surface area contributed by atoms with Crippen molar-refractivity contribution in [2.45, 2.75) is 50.8 Å². The first-order valence-corrected chi connectivity index (χ1v) is 9.16. The van der Waals surface area contributed by atoms with Crippen LogP contribution < -0.4 is 10.2 Å². The second kappa shape index (κ2) is 7.70. The first-order chi connectivity index (χ1) is 11.9. The van der Waals surface area contributed by atoms with E-state index in [9.17, 15) is 14.3 Å². The lowest BCUT2D eigenvalue weighted by atomic mass is 10.0. The first-order valence-electron chi connectivity index (χ1n) is 9.16. The molecule has 2 aliphatic rings. The van der Waals surface area contributed by atoms with E-state index in [1.165, 1.54) is 12.1 Å². The van der Waals surface area contributed by atoms with Gasteiger partial charge in [-0.25, -0.2) is 4.39 Å². The molecule has 0 radical (unpaired) electrons. The Kier molecular flexibility index (Phi) is 5.59. The van der Waals surface area contributed by atoms with Crippen LogP contribution in [-0.4, -0.2) is 54.7 Å². The Hall–Kier alpha value is -1.66. The zero-order valence-corrected chi connectivity index (χ0v) is 15.0. The lowest BCUT2D eigenvalue weighted by Crippen LogP contribution is -2.39. The van der Waals surface area contributed by atoms with Gasteiger partial charge in [-0.15, -0.1) is 0 Å². The number of carbonyl (C=O) groups excluding carboxylic acids is 1. The number of amides is 1. The summed E-state index contributed by atoms with van der Waals surface area (Å²) in [4.78, 5) is 16.5. The van der Waals surface area contributed by atoms with Crippen LogP contribution in [0.15, 0.2) is 18.2 Å². The Labute approximate surface area is 148 Å². The highest BCUT2D eigenvalue weighted by atomic mass is 19.1. The van der Waals surface area contributed by atoms with Crippen molar-refractivity contribution in [1.82, 2.24) is 10.2 Å². The molecular weight excluding hydrogens is 321 g/mol. The molecule has 138 valence electrons. The number of rotatable bonds is 6. The van der Waals surface area contributed by atoms with Crippen LogP contribution in [0.5, 0.6) is 0 Å². The molecule has 5 nitrogen and oxygen atoms in total. The van der Waals surface area contributed by atoms with E-state index in [0.29, 0.717) is 25.4 Å². The fraction of sp³-hybridized carbons (Fsp3) is 0.632. The van der Waals surface area contributed by atoms with Gasteiger partial charge < -0.3 is 15.3 Å². The molecular formula is C19H28FN3O2. The van der Waals surface area contributed by atoms with E-state index in [2.05, 4.69) is 15.1 Å². The molecule has 25 heavy (non-hydrogen) atoms. The largest absolute Gasteiger partial charge is 0.393 e. The van der Waals surface area contributed by atoms with Gasteiger partial charge in [0.15, 0.2) is 0 Å². The minimum atomic E-state index is -0.299. The third-order valence-corrected chi connectivity index (χ3v) is 5.20. The maximum atomic E-state index is 13.8. The lowest BCUT2D eigenvalue weighted by Gasteiger charge is -2.34. The Morgan fingerprint density at radius 2 is 2.04 bits per heavy atom. The molecule has 1 aliphatic carbocycles. The average Bonchev–Trinajstić information content (AvgIpc) is 3.40. The second-order valence-electron chi connectivity index (χ2n) is 7.36. The second-order valence-corrected chi connectivity index (χ2v) is 7.36. The number of benzene rings is 1. The van der Waals surface area contributed by atoms with Crippen LogP contribution >= 0.6 is 0 Å². The molecule has 6 heteroatoms. The van der Waals surface area contributed by atoms with Crippen molar-refractivity contribution >= 4 is 11.6 Å². The van der Waals surface area contributed by atoms with Gasteiger partial charge in [-0.05, 0) is 57.9 Å². The summed E-state index contributed by atoms with van der Waals surface area (Å²) in [5, 5.41) is 12.7. The van der Waals surface area contributed by atoms with Crippen molar-refractivity contribution < 1.29 is 14.3 Å². The number of nitrogens with one attached hydrogen (secondary N) is 1. The number of aliphatic hydroxyl groups excluding tert-OH is 1. The Balaban J connectivity index is 1.68. The molecule has 1 aliphatic heterocycles. The summed E-state index contributed by atoms with van der Waals surface area (Å²) < 4.78 is 13.8. The van der Waals surface area contributed by atoms with Gasteiger partial charge in [0.1, 0.15) is 5.82 Å². The highest BCUT2D eigenvalue weighted by Gasteiger charge is 2.28. The van der Waals surface area contributed by atoms with Gasteiger partial charge in [-0.2, -0.15) is 0 Å². The zero-order chi connectivity index (χ0) is 18.0. The van der Waals surface area contributed by atoms with Crippen LogP contribution in [0.4, 0.5) is 10.1 Å². The summed E-state index contributed by atoms with van der Waals surface area (Å²) in [6.07, 6.45) is 3.49. The molecule has 1 unspecified atom stereocenters. The number of hydrogen-bond donors (Lipinski definition) is 2. The summed E-state index contributed by atoms with van der Waals surface area (Å²) in [5.41, 5.74) is 1.73. The minimum Gasteiger partial charge on any atom is -0.393 e. The lowest BCUT2D eigenvalue weighted by molar-refractivity contribution is -0.122. The summed E-state index contributed by atoms with van der Waals surface area (Å²) >= 11 is 0. The van der Waals surface area contributed by atoms with Gasteiger partial charge in [-0.3, -0.25) is 9.69 Å². The monoisotopic (exact) mass is 349 g/mol. The molecule has 0 aromatic heterocycles. The number of anilines is 1. The molecule has 1 aromatic rings. The number of hydrogen-bond acceptors (Lipinski definition) is 4. The van der Waals surface area contributed by atoms with Gasteiger partial charge >= 0.3 is 0 Å². The van der Waals surface area contributed by atoms with E-state index >= 15 is 0 Å². The van der Waals surface area contributed by atoms with Crippen LogP contribution in [0.25, 0.3) is 0 Å². The average molecular weight is 349 g/mol. The maximum absolute atomic E-state index is 13.8. The third-order valence-electron chi connectivity index (χ3n) is 5.20. The number of halogens is 1. The van der Waals surface area contributed by atoms with Crippen LogP contribution in [-0.2, 0) is 4.79 Å². The molecule has 1 atom stereocenters. The maximum Gasteiger partial charge on any atom is 0.234 e. The van der Waals surface area contributed by atoms with Crippen LogP contribution in [0, 0.1) is 5.82 Å². The quantitative estimate of drug-likeness (QED) is 0.825. The van der Waals surface area contributed by atoms with E-state index < -0.39 is 0 Å². The van der Waals surface area contributed by atoms with Gasteiger partial charge in [-0.1, -0.05) is 0 Å². The molecule has 1 saturated heterocycles. The molecule has 2 N–H and O–H groups in total. The van der Waals surface area contributed by atoms with E-state index in [0.717, 1.165) is 37.2 Å². The van der Waals surface area contributed by atoms with Gasteiger partial charge in [0.25, 0.3) is 0 Å². The van der Waals surface area contributed by atoms with E-state index in [-0.39, 0.29) is 23.9 Å². The van der Waals surface area contributed by atoms with Gasteiger partial charge in [0.2, 0.25) is 5.91 Å². The number of aliphatic hydroxyl groups is 1. The molecule has 3 rings (SSSR count). The fourth-order valence-corrected chi connectivity index (χ4v) is 3.50. The highest BCUT2D eigenvalue weighted by Crippen LogP contribution is 2.30. The smallest absolute Gasteiger partial charge is 0.234 e. The molecule has 1 saturated carbocycles. The van der Waals surface area contributed by atoms with Crippen molar-refractivity contribution in [2.75, 3.05) is 31.6 Å². The number of nitrogens with zero attached hydrogens (tertiary/aromatic N) is 2. The van der Waals surface area contributed by atoms with Crippen LogP contribution in [0.3, 0.4) is 0 Å². The van der Waals surface area contributed by atoms with Crippen molar-refractivity contribution in [2.24, 2.45) is 0 Å². The number of piperidine rings is 1. The summed E-state index contributed by atoms with van der Waals surface area (Å²) in [6, 6.07) is 5.01. The molecule has 1 amide bonds. The van der Waals surface area contributed by atoms with Crippen molar-refractivity contribution in [3.63, 3.8) is 0 Å². The van der Waals surface area contributed by atoms with Crippen molar-refractivity contribution in [3.8, 4) is 0 Å². The Morgan fingerprint density at radius 1 is 1.36 bits per heavy atom. The topological polar surface area (TPSA) is 55.8 Å². The van der Waals surface area contributed by atoms with Crippen molar-refractivity contribution in [1.29, 1.82) is 0 Å². The highest BCUT2D eigenvalue weighted by molar-refractivity contribution is 5.79. The van der Waals surface area contributed by atoms with Gasteiger partial charge in [0, 0.05) is 30.4 Å². The van der Waals surface area contributed by atoms with E-state index in [1.54, 1.807) is 6.07 Å². The number of carbonyl (C=O) groups is 1. The third kappa shape index (κ3) is 4.70. The predicted octanol–water partition coefficient (Wildman–Crippen LogP) is 2.06. The Morgan fingerprint density at radius 3 is 2.68 bits per heavy atom. The summed E-state index contributed by atoms with van der Waals surface area (Å²) in [5.74, 6) is -0.335. The fourth-order valence-electron chi connectivity index (χ4n) is 3.50. The molecule has 1 heterocycles. The first kappa shape index (κ1) is 18.1. The zero-order valence-electron chi connectivity index (χ0n) is 15.0. The summed E-state index contributed by atoms with van der Waals surface area (Å²) in [6.45, 7) is 3.75. The van der Waals surface area contributed by atoms with Crippen LogP contribution in [0.1, 0.15) is 44.2 Å². The number of likely N-dealkylation sites (N-methyl/N-ethyl adjacent to an activating group) is 1. The van der Waals surface area contributed by atoms with Crippen molar-refractivity contribution in [3.05, 3.63) is 29.6 Å². The molecule has 0 spiro atoms. The predicted molar refractivity (Wildman–Crippen MR) is 96.1 cm³/mol. The molecule has 0 bridgehead atoms. The summed E-state index contributed by atoms with van der Waals surface area (Å²) in [7, 11) is 1.97. The SMILES string of the molecule is CC(NC(=O)CN(C)C1CC1)c1cc(F)ccc1N1CCC(O)CC1. The Bertz CT molecular complexity index is 613. The van der Waals surface area contributed by atoms with E-state index in [4.69, 9.17) is 0 Å². The van der Waals surface area contributed by atoms with Gasteiger partial charge in [0.05, 0.1) is 18.7 Å². The van der Waals surface area contributed by atoms with Crippen LogP contribution in [0.2, 0.25) is 0 Å². The molecule has 2 fully saturated rings. The minimum absolute atomic E-state index is 0.0359. The normalized spacial score (nSPS) is 20.0.